The van der Waals surface area contributed by atoms with Crippen molar-refractivity contribution in [3.8, 4) is 0 Å². The van der Waals surface area contributed by atoms with Crippen LogP contribution >= 0.6 is 0 Å². The molecule has 0 bridgehead atoms. The highest BCUT2D eigenvalue weighted by Crippen LogP contribution is 2.36. The zero-order valence-corrected chi connectivity index (χ0v) is 12.8. The number of Topliss-reactive ketones (excluding diaryl/α,β-unsaturated/α-hetero) is 1. The number of nitrogens with zero attached hydrogens (tertiary/aromatic N) is 1. The number of fused-ring (bicyclic) bond motifs is 3. The Morgan fingerprint density at radius 1 is 1.27 bits per heavy atom. The Kier molecular flexibility index (Phi) is 3.11. The predicted octanol–water partition coefficient (Wildman–Crippen LogP) is 2.41. The van der Waals surface area contributed by atoms with Crippen LogP contribution in [0.2, 0.25) is 0 Å². The Morgan fingerprint density at radius 2 is 2.14 bits per heavy atom. The molecule has 1 aliphatic carbocycles. The smallest absolute Gasteiger partial charge is 0.135 e. The van der Waals surface area contributed by atoms with Gasteiger partial charge in [-0.15, -0.1) is 0 Å². The van der Waals surface area contributed by atoms with Gasteiger partial charge in [0.05, 0.1) is 0 Å². The summed E-state index contributed by atoms with van der Waals surface area (Å²) in [4.78, 5) is 14.2. The van der Waals surface area contributed by atoms with E-state index in [1.165, 1.54) is 33.0 Å². The van der Waals surface area contributed by atoms with Crippen molar-refractivity contribution in [3.05, 3.63) is 69.8 Å². The molecule has 0 amide bonds. The molecule has 2 aliphatic heterocycles. The lowest BCUT2D eigenvalue weighted by molar-refractivity contribution is -0.116. The van der Waals surface area contributed by atoms with Gasteiger partial charge in [-0.05, 0) is 42.2 Å². The first-order valence-corrected chi connectivity index (χ1v) is 7.90. The number of hydrogen-bond acceptors (Lipinski definition) is 2. The second-order valence-electron chi connectivity index (χ2n) is 6.15. The summed E-state index contributed by atoms with van der Waals surface area (Å²) >= 11 is 0. The van der Waals surface area contributed by atoms with Crippen LogP contribution < -0.4 is 10.4 Å². The number of hydrogen-bond donors (Lipinski definition) is 0. The van der Waals surface area contributed by atoms with E-state index in [1.54, 1.807) is 6.92 Å². The molecule has 3 aliphatic rings. The Labute approximate surface area is 130 Å². The summed E-state index contributed by atoms with van der Waals surface area (Å²) in [6.45, 7) is 2.64. The molecule has 4 rings (SSSR count). The molecule has 110 valence electrons. The van der Waals surface area contributed by atoms with Crippen LogP contribution in [-0.4, -0.2) is 17.2 Å². The molecule has 0 saturated heterocycles. The van der Waals surface area contributed by atoms with E-state index in [0.29, 0.717) is 6.42 Å². The molecule has 1 aromatic carbocycles. The van der Waals surface area contributed by atoms with Crippen molar-refractivity contribution in [1.82, 2.24) is 4.90 Å². The molecule has 0 unspecified atom stereocenters. The van der Waals surface area contributed by atoms with E-state index in [-0.39, 0.29) is 5.78 Å². The lowest BCUT2D eigenvalue weighted by atomic mass is 9.87. The van der Waals surface area contributed by atoms with Crippen LogP contribution in [0.5, 0.6) is 0 Å². The monoisotopic (exact) mass is 289 g/mol. The Bertz CT molecular complexity index is 867. The standard InChI is InChI=1S/C20H19NO/c1-14(22)12-19-18-9-5-3-7-16(18)13-20-17-8-4-2-6-15(17)10-11-21(19)20/h2-7,9,13H,8,10-12H2,1H3. The largest absolute Gasteiger partial charge is 0.343 e. The molecule has 0 radical (unpaired) electrons. The molecule has 0 atom stereocenters. The highest BCUT2D eigenvalue weighted by molar-refractivity contribution is 5.85. The summed E-state index contributed by atoms with van der Waals surface area (Å²) in [5.41, 5.74) is 5.33. The molecular formula is C20H19NO. The van der Waals surface area contributed by atoms with Crippen LogP contribution in [0.15, 0.2) is 59.3 Å². The number of ketones is 1. The van der Waals surface area contributed by atoms with Crippen LogP contribution in [0.3, 0.4) is 0 Å². The molecule has 1 aromatic rings. The molecule has 0 saturated carbocycles. The minimum Gasteiger partial charge on any atom is -0.343 e. The van der Waals surface area contributed by atoms with E-state index < -0.39 is 0 Å². The summed E-state index contributed by atoms with van der Waals surface area (Å²) in [6.07, 6.45) is 11.5. The van der Waals surface area contributed by atoms with Gasteiger partial charge in [0.25, 0.3) is 0 Å². The summed E-state index contributed by atoms with van der Waals surface area (Å²) in [7, 11) is 0. The lowest BCUT2D eigenvalue weighted by Gasteiger charge is -2.38. The van der Waals surface area contributed by atoms with Crippen molar-refractivity contribution in [2.75, 3.05) is 6.54 Å². The Hall–Kier alpha value is -2.35. The fourth-order valence-electron chi connectivity index (χ4n) is 3.67. The van der Waals surface area contributed by atoms with Crippen LogP contribution in [0.1, 0.15) is 26.2 Å². The SMILES string of the molecule is CC(=O)CC1=c2ccccc2=CC2=C3CC=CC=C3CCN21. The number of allylic oxidation sites excluding steroid dienone is 5. The zero-order valence-electron chi connectivity index (χ0n) is 12.8. The van der Waals surface area contributed by atoms with E-state index in [1.807, 2.05) is 0 Å². The predicted molar refractivity (Wildman–Crippen MR) is 89.1 cm³/mol. The highest BCUT2D eigenvalue weighted by Gasteiger charge is 2.27. The van der Waals surface area contributed by atoms with E-state index in [4.69, 9.17) is 0 Å². The second-order valence-corrected chi connectivity index (χ2v) is 6.15. The summed E-state index contributed by atoms with van der Waals surface area (Å²) < 4.78 is 0. The molecule has 0 spiro atoms. The number of benzene rings is 1. The van der Waals surface area contributed by atoms with Crippen LogP contribution in [0.25, 0.3) is 11.8 Å². The van der Waals surface area contributed by atoms with Crippen molar-refractivity contribution in [2.24, 2.45) is 0 Å². The van der Waals surface area contributed by atoms with Crippen LogP contribution in [-0.2, 0) is 4.79 Å². The van der Waals surface area contributed by atoms with Gasteiger partial charge < -0.3 is 4.90 Å². The average molecular weight is 289 g/mol. The number of carbonyl (C=O) groups excluding carboxylic acids is 1. The van der Waals surface area contributed by atoms with Gasteiger partial charge >= 0.3 is 0 Å². The van der Waals surface area contributed by atoms with Gasteiger partial charge in [0.2, 0.25) is 0 Å². The maximum atomic E-state index is 11.8. The fraction of sp³-hybridized carbons (Fsp3) is 0.250. The molecule has 2 heteroatoms. The molecule has 2 heterocycles. The summed E-state index contributed by atoms with van der Waals surface area (Å²) in [5, 5.41) is 2.44. The van der Waals surface area contributed by atoms with Gasteiger partial charge in [0.15, 0.2) is 0 Å². The molecule has 0 fully saturated rings. The quantitative estimate of drug-likeness (QED) is 0.833. The third kappa shape index (κ3) is 2.07. The normalized spacial score (nSPS) is 19.0. The minimum atomic E-state index is 0.223. The van der Waals surface area contributed by atoms with Gasteiger partial charge in [-0.2, -0.15) is 0 Å². The third-order valence-electron chi connectivity index (χ3n) is 4.65. The van der Waals surface area contributed by atoms with Crippen molar-refractivity contribution in [3.63, 3.8) is 0 Å². The van der Waals surface area contributed by atoms with Crippen molar-refractivity contribution in [2.45, 2.75) is 26.2 Å². The lowest BCUT2D eigenvalue weighted by Crippen LogP contribution is -2.42. The minimum absolute atomic E-state index is 0.223. The number of carbonyl (C=O) groups is 1. The maximum absolute atomic E-state index is 11.8. The first-order chi connectivity index (χ1) is 10.7. The summed E-state index contributed by atoms with van der Waals surface area (Å²) in [5.74, 6) is 0.223. The molecule has 0 N–H and O–H groups in total. The second kappa shape index (κ2) is 5.13. The van der Waals surface area contributed by atoms with Crippen LogP contribution in [0.4, 0.5) is 0 Å². The van der Waals surface area contributed by atoms with Crippen molar-refractivity contribution in [1.29, 1.82) is 0 Å². The van der Waals surface area contributed by atoms with Gasteiger partial charge in [-0.1, -0.05) is 42.5 Å². The highest BCUT2D eigenvalue weighted by atomic mass is 16.1. The first kappa shape index (κ1) is 13.3. The summed E-state index contributed by atoms with van der Waals surface area (Å²) in [6, 6.07) is 8.42. The van der Waals surface area contributed by atoms with Crippen molar-refractivity contribution < 1.29 is 4.79 Å². The fourth-order valence-corrected chi connectivity index (χ4v) is 3.67. The van der Waals surface area contributed by atoms with Crippen LogP contribution in [0, 0.1) is 0 Å². The Balaban J connectivity index is 1.99. The maximum Gasteiger partial charge on any atom is 0.135 e. The third-order valence-corrected chi connectivity index (χ3v) is 4.65. The Morgan fingerprint density at radius 3 is 3.00 bits per heavy atom. The molecule has 0 aromatic heterocycles. The van der Waals surface area contributed by atoms with E-state index >= 15 is 0 Å². The number of rotatable bonds is 2. The van der Waals surface area contributed by atoms with Crippen molar-refractivity contribution >= 4 is 17.6 Å². The molecule has 22 heavy (non-hydrogen) atoms. The van der Waals surface area contributed by atoms with E-state index in [2.05, 4.69) is 53.5 Å². The average Bonchev–Trinajstić information content (AvgIpc) is 2.54. The first-order valence-electron chi connectivity index (χ1n) is 7.90. The van der Waals surface area contributed by atoms with Gasteiger partial charge in [-0.25, -0.2) is 0 Å². The van der Waals surface area contributed by atoms with Gasteiger partial charge in [-0.3, -0.25) is 4.79 Å². The van der Waals surface area contributed by atoms with Gasteiger partial charge in [0, 0.05) is 29.6 Å². The molecule has 2 nitrogen and oxygen atoms in total. The molecular weight excluding hydrogens is 270 g/mol. The van der Waals surface area contributed by atoms with Gasteiger partial charge in [0.1, 0.15) is 5.78 Å². The van der Waals surface area contributed by atoms with E-state index in [9.17, 15) is 4.79 Å². The topological polar surface area (TPSA) is 20.3 Å². The zero-order chi connectivity index (χ0) is 15.1. The van der Waals surface area contributed by atoms with E-state index in [0.717, 1.165) is 19.4 Å².